The fourth-order valence-electron chi connectivity index (χ4n) is 3.46. The normalized spacial score (nSPS) is 12.2. The van der Waals surface area contributed by atoms with Crippen molar-refractivity contribution in [2.75, 3.05) is 10.0 Å². The van der Waals surface area contributed by atoms with E-state index < -0.39 is 16.1 Å². The standard InChI is InChI=1S/C26H23ClN2O4S/c1-2-24(33-25-13-7-9-18-8-3-4-10-21(18)25)26(30)28-19-14-16-20(17-15-19)34(31,32)29-23-12-6-5-11-22(23)27/h3-17,24,29H,2H2,1H3,(H,28,30)/t24-/m1/s1. The van der Waals surface area contributed by atoms with Crippen LogP contribution in [0, 0.1) is 0 Å². The van der Waals surface area contributed by atoms with E-state index in [2.05, 4.69) is 10.0 Å². The van der Waals surface area contributed by atoms with Crippen molar-refractivity contribution in [3.05, 3.63) is 96.0 Å². The van der Waals surface area contributed by atoms with E-state index in [0.717, 1.165) is 10.8 Å². The van der Waals surface area contributed by atoms with Crippen LogP contribution >= 0.6 is 11.6 Å². The van der Waals surface area contributed by atoms with E-state index in [1.54, 1.807) is 24.3 Å². The number of nitrogens with one attached hydrogen (secondary N) is 2. The van der Waals surface area contributed by atoms with Crippen molar-refractivity contribution in [3.8, 4) is 5.75 Å². The molecule has 0 spiro atoms. The lowest BCUT2D eigenvalue weighted by molar-refractivity contribution is -0.122. The maximum atomic E-state index is 12.9. The van der Waals surface area contributed by atoms with Gasteiger partial charge in [0.05, 0.1) is 15.6 Å². The highest BCUT2D eigenvalue weighted by molar-refractivity contribution is 7.92. The third-order valence-corrected chi connectivity index (χ3v) is 6.94. The van der Waals surface area contributed by atoms with Crippen LogP contribution in [-0.2, 0) is 14.8 Å². The second-order valence-electron chi connectivity index (χ2n) is 7.59. The number of fused-ring (bicyclic) bond motifs is 1. The van der Waals surface area contributed by atoms with Gasteiger partial charge in [-0.05, 0) is 54.3 Å². The van der Waals surface area contributed by atoms with Crippen molar-refractivity contribution in [3.63, 3.8) is 0 Å². The third kappa shape index (κ3) is 5.32. The lowest BCUT2D eigenvalue weighted by atomic mass is 10.1. The van der Waals surface area contributed by atoms with E-state index in [0.29, 0.717) is 22.9 Å². The molecule has 0 heterocycles. The lowest BCUT2D eigenvalue weighted by Crippen LogP contribution is -2.32. The summed E-state index contributed by atoms with van der Waals surface area (Å²) in [7, 11) is -3.84. The molecule has 2 N–H and O–H groups in total. The Labute approximate surface area is 203 Å². The number of sulfonamides is 1. The first-order valence-corrected chi connectivity index (χ1v) is 12.6. The molecule has 0 saturated carbocycles. The first kappa shape index (κ1) is 23.6. The molecule has 0 radical (unpaired) electrons. The van der Waals surface area contributed by atoms with Crippen LogP contribution in [-0.4, -0.2) is 20.4 Å². The number of anilines is 2. The van der Waals surface area contributed by atoms with Crippen LogP contribution in [0.5, 0.6) is 5.75 Å². The largest absolute Gasteiger partial charge is 0.480 e. The summed E-state index contributed by atoms with van der Waals surface area (Å²) in [6.45, 7) is 1.87. The number of hydrogen-bond acceptors (Lipinski definition) is 4. The molecular weight excluding hydrogens is 472 g/mol. The number of hydrogen-bond donors (Lipinski definition) is 2. The summed E-state index contributed by atoms with van der Waals surface area (Å²) < 4.78 is 33.9. The van der Waals surface area contributed by atoms with Crippen molar-refractivity contribution in [1.82, 2.24) is 0 Å². The van der Waals surface area contributed by atoms with Crippen molar-refractivity contribution in [1.29, 1.82) is 0 Å². The van der Waals surface area contributed by atoms with Gasteiger partial charge in [-0.15, -0.1) is 0 Å². The van der Waals surface area contributed by atoms with E-state index in [4.69, 9.17) is 16.3 Å². The maximum Gasteiger partial charge on any atom is 0.265 e. The van der Waals surface area contributed by atoms with Gasteiger partial charge in [0.1, 0.15) is 5.75 Å². The molecule has 4 aromatic rings. The molecule has 4 rings (SSSR count). The summed E-state index contributed by atoms with van der Waals surface area (Å²) in [5.74, 6) is 0.312. The summed E-state index contributed by atoms with van der Waals surface area (Å²) in [4.78, 5) is 12.9. The number of halogens is 1. The summed E-state index contributed by atoms with van der Waals surface area (Å²) in [5.41, 5.74) is 0.750. The molecule has 1 amide bonds. The van der Waals surface area contributed by atoms with Gasteiger partial charge < -0.3 is 10.1 Å². The number of rotatable bonds is 8. The Morgan fingerprint density at radius 2 is 1.59 bits per heavy atom. The Kier molecular flexibility index (Phi) is 7.05. The fourth-order valence-corrected chi connectivity index (χ4v) is 4.78. The van der Waals surface area contributed by atoms with Crippen LogP contribution in [0.1, 0.15) is 13.3 Å². The zero-order valence-electron chi connectivity index (χ0n) is 18.4. The molecule has 0 aliphatic heterocycles. The predicted molar refractivity (Wildman–Crippen MR) is 136 cm³/mol. The molecule has 0 bridgehead atoms. The Morgan fingerprint density at radius 3 is 2.32 bits per heavy atom. The van der Waals surface area contributed by atoms with E-state index in [9.17, 15) is 13.2 Å². The molecule has 34 heavy (non-hydrogen) atoms. The Hall–Kier alpha value is -3.55. The monoisotopic (exact) mass is 494 g/mol. The number of ether oxygens (including phenoxy) is 1. The molecule has 4 aromatic carbocycles. The molecule has 0 aliphatic carbocycles. The van der Waals surface area contributed by atoms with Crippen molar-refractivity contribution in [2.24, 2.45) is 0 Å². The third-order valence-electron chi connectivity index (χ3n) is 5.23. The van der Waals surface area contributed by atoms with Crippen molar-refractivity contribution >= 4 is 49.7 Å². The highest BCUT2D eigenvalue weighted by atomic mass is 35.5. The lowest BCUT2D eigenvalue weighted by Gasteiger charge is -2.18. The minimum absolute atomic E-state index is 0.0458. The SMILES string of the molecule is CC[C@@H](Oc1cccc2ccccc12)C(=O)Nc1ccc(S(=O)(=O)Nc2ccccc2Cl)cc1. The van der Waals surface area contributed by atoms with Gasteiger partial charge in [-0.3, -0.25) is 9.52 Å². The van der Waals surface area contributed by atoms with Crippen LogP contribution in [0.3, 0.4) is 0 Å². The molecule has 8 heteroatoms. The number of amides is 1. The van der Waals surface area contributed by atoms with Crippen molar-refractivity contribution in [2.45, 2.75) is 24.3 Å². The van der Waals surface area contributed by atoms with Crippen LogP contribution in [0.4, 0.5) is 11.4 Å². The fraction of sp³-hybridized carbons (Fsp3) is 0.115. The second kappa shape index (κ2) is 10.2. The molecule has 0 saturated heterocycles. The number of carbonyl (C=O) groups is 1. The number of benzene rings is 4. The average molecular weight is 495 g/mol. The minimum atomic E-state index is -3.84. The minimum Gasteiger partial charge on any atom is -0.480 e. The van der Waals surface area contributed by atoms with Gasteiger partial charge in [-0.25, -0.2) is 8.42 Å². The first-order valence-electron chi connectivity index (χ1n) is 10.7. The molecular formula is C26H23ClN2O4S. The molecule has 174 valence electrons. The molecule has 1 atom stereocenters. The van der Waals surface area contributed by atoms with Gasteiger partial charge in [0.15, 0.2) is 6.10 Å². The summed E-state index contributed by atoms with van der Waals surface area (Å²) in [5, 5.41) is 5.05. The van der Waals surface area contributed by atoms with Gasteiger partial charge >= 0.3 is 0 Å². The Balaban J connectivity index is 1.45. The number of carbonyl (C=O) groups excluding carboxylic acids is 1. The summed E-state index contributed by atoms with van der Waals surface area (Å²) in [6, 6.07) is 26.0. The van der Waals surface area contributed by atoms with Gasteiger partial charge in [0.2, 0.25) is 0 Å². The predicted octanol–water partition coefficient (Wildman–Crippen LogP) is 6.09. The van der Waals surface area contributed by atoms with Crippen LogP contribution < -0.4 is 14.8 Å². The summed E-state index contributed by atoms with van der Waals surface area (Å²) >= 11 is 6.05. The van der Waals surface area contributed by atoms with Crippen LogP contribution in [0.2, 0.25) is 5.02 Å². The van der Waals surface area contributed by atoms with E-state index >= 15 is 0 Å². The highest BCUT2D eigenvalue weighted by Crippen LogP contribution is 2.27. The topological polar surface area (TPSA) is 84.5 Å². The quantitative estimate of drug-likeness (QED) is 0.310. The van der Waals surface area contributed by atoms with E-state index in [1.165, 1.54) is 24.3 Å². The maximum absolute atomic E-state index is 12.9. The molecule has 6 nitrogen and oxygen atoms in total. The van der Waals surface area contributed by atoms with E-state index in [1.807, 2.05) is 49.4 Å². The molecule has 0 aromatic heterocycles. The molecule has 0 aliphatic rings. The number of para-hydroxylation sites is 1. The Morgan fingerprint density at radius 1 is 0.912 bits per heavy atom. The smallest absolute Gasteiger partial charge is 0.265 e. The molecule has 0 unspecified atom stereocenters. The van der Waals surface area contributed by atoms with Gasteiger partial charge in [-0.2, -0.15) is 0 Å². The van der Waals surface area contributed by atoms with Gasteiger partial charge in [0, 0.05) is 11.1 Å². The van der Waals surface area contributed by atoms with E-state index in [-0.39, 0.29) is 16.5 Å². The van der Waals surface area contributed by atoms with Gasteiger partial charge in [0.25, 0.3) is 15.9 Å². The molecule has 0 fully saturated rings. The zero-order chi connectivity index (χ0) is 24.1. The average Bonchev–Trinajstić information content (AvgIpc) is 2.84. The summed E-state index contributed by atoms with van der Waals surface area (Å²) in [6.07, 6.45) is -0.250. The Bertz CT molecular complexity index is 1420. The van der Waals surface area contributed by atoms with Crippen LogP contribution in [0.25, 0.3) is 10.8 Å². The second-order valence-corrected chi connectivity index (χ2v) is 9.68. The van der Waals surface area contributed by atoms with Gasteiger partial charge in [-0.1, -0.05) is 67.1 Å². The first-order chi connectivity index (χ1) is 16.4. The highest BCUT2D eigenvalue weighted by Gasteiger charge is 2.20. The zero-order valence-corrected chi connectivity index (χ0v) is 19.9. The van der Waals surface area contributed by atoms with Crippen molar-refractivity contribution < 1.29 is 17.9 Å². The van der Waals surface area contributed by atoms with Crippen LogP contribution in [0.15, 0.2) is 95.9 Å².